The average molecular weight is 312 g/mol. The van der Waals surface area contributed by atoms with Gasteiger partial charge in [-0.1, -0.05) is 0 Å². The molecule has 0 saturated heterocycles. The molecule has 1 rings (SSSR count). The van der Waals surface area contributed by atoms with Gasteiger partial charge in [-0.25, -0.2) is 13.4 Å². The normalized spacial score (nSPS) is 11.3. The van der Waals surface area contributed by atoms with Gasteiger partial charge in [0, 0.05) is 0 Å². The first-order valence-electron chi connectivity index (χ1n) is 3.49. The van der Waals surface area contributed by atoms with Crippen LogP contribution in [0.25, 0.3) is 0 Å². The first-order valence-corrected chi connectivity index (χ1v) is 6.46. The van der Waals surface area contributed by atoms with Gasteiger partial charge >= 0.3 is 0 Å². The summed E-state index contributed by atoms with van der Waals surface area (Å²) in [6.07, 6.45) is 1.10. The lowest BCUT2D eigenvalue weighted by Gasteiger charge is -2.03. The van der Waals surface area contributed by atoms with E-state index in [1.165, 1.54) is 0 Å². The van der Waals surface area contributed by atoms with E-state index in [1.54, 1.807) is 6.07 Å². The summed E-state index contributed by atoms with van der Waals surface area (Å²) in [4.78, 5) is 4.02. The van der Waals surface area contributed by atoms with Crippen LogP contribution in [0.1, 0.15) is 5.56 Å². The summed E-state index contributed by atoms with van der Waals surface area (Å²) in [7, 11) is -3.23. The second kappa shape index (κ2) is 3.79. The number of pyridine rings is 1. The monoisotopic (exact) mass is 312 g/mol. The Balaban J connectivity index is 3.03. The summed E-state index contributed by atoms with van der Waals surface area (Å²) in [5.41, 5.74) is 0.977. The van der Waals surface area contributed by atoms with Crippen LogP contribution in [0, 0.1) is 10.6 Å². The molecule has 0 aliphatic carbocycles. The molecule has 0 radical (unpaired) electrons. The molecule has 0 fully saturated rings. The summed E-state index contributed by atoms with van der Waals surface area (Å²) in [5, 5.41) is 0. The van der Waals surface area contributed by atoms with Crippen molar-refractivity contribution in [3.05, 3.63) is 21.4 Å². The number of anilines is 1. The zero-order valence-electron chi connectivity index (χ0n) is 7.20. The molecule has 0 atom stereocenters. The quantitative estimate of drug-likeness (QED) is 0.663. The Morgan fingerprint density at radius 3 is 2.54 bits per heavy atom. The Kier molecular flexibility index (Phi) is 3.12. The van der Waals surface area contributed by atoms with Gasteiger partial charge in [0.15, 0.2) is 0 Å². The zero-order valence-corrected chi connectivity index (χ0v) is 10.2. The highest BCUT2D eigenvalue weighted by molar-refractivity contribution is 14.1. The van der Waals surface area contributed by atoms with Crippen LogP contribution in [0.2, 0.25) is 0 Å². The molecule has 1 aromatic rings. The lowest BCUT2D eigenvalue weighted by atomic mass is 10.3. The molecule has 0 aliphatic rings. The molecule has 13 heavy (non-hydrogen) atoms. The van der Waals surface area contributed by atoms with Gasteiger partial charge in [0.1, 0.15) is 9.52 Å². The largest absolute Gasteiger partial charge is 0.268 e. The highest BCUT2D eigenvalue weighted by Crippen LogP contribution is 2.11. The smallest absolute Gasteiger partial charge is 0.230 e. The Morgan fingerprint density at radius 2 is 2.08 bits per heavy atom. The van der Waals surface area contributed by atoms with Gasteiger partial charge in [0.2, 0.25) is 10.0 Å². The Labute approximate surface area is 91.0 Å². The van der Waals surface area contributed by atoms with Gasteiger partial charge in [-0.2, -0.15) is 0 Å². The number of halogens is 1. The maximum absolute atomic E-state index is 10.9. The molecule has 72 valence electrons. The van der Waals surface area contributed by atoms with Gasteiger partial charge in [0.05, 0.1) is 6.26 Å². The van der Waals surface area contributed by atoms with E-state index in [-0.39, 0.29) is 0 Å². The minimum Gasteiger partial charge on any atom is -0.268 e. The SMILES string of the molecule is Cc1cc(I)nc(NS(C)(=O)=O)c1. The van der Waals surface area contributed by atoms with E-state index in [0.29, 0.717) is 5.82 Å². The fraction of sp³-hybridized carbons (Fsp3) is 0.286. The summed E-state index contributed by atoms with van der Waals surface area (Å²) in [6, 6.07) is 3.55. The van der Waals surface area contributed by atoms with Crippen molar-refractivity contribution >= 4 is 38.4 Å². The van der Waals surface area contributed by atoms with E-state index in [9.17, 15) is 8.42 Å². The molecule has 0 bridgehead atoms. The van der Waals surface area contributed by atoms with Gasteiger partial charge in [0.25, 0.3) is 0 Å². The standard InChI is InChI=1S/C7H9IN2O2S/c1-5-3-6(8)9-7(4-5)10-13(2,11)12/h3-4H,1-2H3,(H,9,10). The van der Waals surface area contributed by atoms with E-state index in [2.05, 4.69) is 9.71 Å². The van der Waals surface area contributed by atoms with Crippen LogP contribution in [0.15, 0.2) is 12.1 Å². The number of sulfonamides is 1. The van der Waals surface area contributed by atoms with Gasteiger partial charge < -0.3 is 0 Å². The number of hydrogen-bond acceptors (Lipinski definition) is 3. The summed E-state index contributed by atoms with van der Waals surface area (Å²) in [6.45, 7) is 1.89. The molecular weight excluding hydrogens is 303 g/mol. The molecule has 4 nitrogen and oxygen atoms in total. The van der Waals surface area contributed by atoms with Crippen LogP contribution in [-0.4, -0.2) is 19.7 Å². The van der Waals surface area contributed by atoms with E-state index in [1.807, 2.05) is 35.6 Å². The highest BCUT2D eigenvalue weighted by atomic mass is 127. The first-order chi connectivity index (χ1) is 5.87. The summed E-state index contributed by atoms with van der Waals surface area (Å²) < 4.78 is 24.8. The first kappa shape index (κ1) is 10.7. The molecule has 0 amide bonds. The Morgan fingerprint density at radius 1 is 1.46 bits per heavy atom. The highest BCUT2D eigenvalue weighted by Gasteiger charge is 2.03. The zero-order chi connectivity index (χ0) is 10.1. The molecule has 1 heterocycles. The Hall–Kier alpha value is -0.370. The maximum atomic E-state index is 10.9. The lowest BCUT2D eigenvalue weighted by molar-refractivity contribution is 0.606. The van der Waals surface area contributed by atoms with Crippen molar-refractivity contribution in [3.63, 3.8) is 0 Å². The van der Waals surface area contributed by atoms with Crippen LogP contribution in [0.5, 0.6) is 0 Å². The molecule has 1 N–H and O–H groups in total. The lowest BCUT2D eigenvalue weighted by Crippen LogP contribution is -2.11. The number of nitrogens with zero attached hydrogens (tertiary/aromatic N) is 1. The van der Waals surface area contributed by atoms with Gasteiger partial charge in [-0.15, -0.1) is 0 Å². The number of aromatic nitrogens is 1. The molecule has 0 aliphatic heterocycles. The summed E-state index contributed by atoms with van der Waals surface area (Å²) in [5.74, 6) is 0.368. The van der Waals surface area contributed by atoms with Crippen molar-refractivity contribution in [1.82, 2.24) is 4.98 Å². The molecule has 0 spiro atoms. The Bertz CT molecular complexity index is 396. The third kappa shape index (κ3) is 3.90. The fourth-order valence-corrected chi connectivity index (χ4v) is 2.10. The second-order valence-electron chi connectivity index (χ2n) is 2.73. The van der Waals surface area contributed by atoms with Crippen molar-refractivity contribution in [2.45, 2.75) is 6.92 Å². The van der Waals surface area contributed by atoms with Gasteiger partial charge in [-0.05, 0) is 47.2 Å². The topological polar surface area (TPSA) is 59.1 Å². The average Bonchev–Trinajstić information content (AvgIpc) is 1.78. The predicted octanol–water partition coefficient (Wildman–Crippen LogP) is 1.37. The van der Waals surface area contributed by atoms with Crippen molar-refractivity contribution in [2.75, 3.05) is 11.0 Å². The van der Waals surface area contributed by atoms with Crippen LogP contribution in [0.3, 0.4) is 0 Å². The van der Waals surface area contributed by atoms with Crippen molar-refractivity contribution in [2.24, 2.45) is 0 Å². The molecule has 0 aromatic carbocycles. The van der Waals surface area contributed by atoms with Crippen LogP contribution in [-0.2, 0) is 10.0 Å². The van der Waals surface area contributed by atoms with E-state index < -0.39 is 10.0 Å². The third-order valence-electron chi connectivity index (χ3n) is 1.23. The van der Waals surface area contributed by atoms with Crippen molar-refractivity contribution in [3.8, 4) is 0 Å². The van der Waals surface area contributed by atoms with Gasteiger partial charge in [-0.3, -0.25) is 4.72 Å². The van der Waals surface area contributed by atoms with E-state index in [4.69, 9.17) is 0 Å². The minimum atomic E-state index is -3.23. The van der Waals surface area contributed by atoms with Crippen molar-refractivity contribution < 1.29 is 8.42 Å². The number of hydrogen-bond donors (Lipinski definition) is 1. The molecular formula is C7H9IN2O2S. The van der Waals surface area contributed by atoms with E-state index >= 15 is 0 Å². The molecule has 0 unspecified atom stereocenters. The molecule has 1 aromatic heterocycles. The summed E-state index contributed by atoms with van der Waals surface area (Å²) >= 11 is 2.04. The fourth-order valence-electron chi connectivity index (χ4n) is 0.867. The van der Waals surface area contributed by atoms with Crippen LogP contribution >= 0.6 is 22.6 Å². The number of nitrogens with one attached hydrogen (secondary N) is 1. The second-order valence-corrected chi connectivity index (χ2v) is 5.58. The number of aryl methyl sites for hydroxylation is 1. The molecule has 6 heteroatoms. The predicted molar refractivity (Wildman–Crippen MR) is 60.2 cm³/mol. The van der Waals surface area contributed by atoms with Crippen molar-refractivity contribution in [1.29, 1.82) is 0 Å². The number of rotatable bonds is 2. The third-order valence-corrected chi connectivity index (χ3v) is 2.36. The maximum Gasteiger partial charge on any atom is 0.230 e. The van der Waals surface area contributed by atoms with E-state index in [0.717, 1.165) is 15.5 Å². The van der Waals surface area contributed by atoms with Crippen LogP contribution in [0.4, 0.5) is 5.82 Å². The minimum absolute atomic E-state index is 0.368. The van der Waals surface area contributed by atoms with Crippen LogP contribution < -0.4 is 4.72 Å². The molecule has 0 saturated carbocycles.